The van der Waals surface area contributed by atoms with Crippen molar-refractivity contribution in [3.05, 3.63) is 76.8 Å². The molecular formula is C27H26N4OS. The van der Waals surface area contributed by atoms with Crippen molar-refractivity contribution in [3.8, 4) is 0 Å². The molecule has 2 aliphatic rings. The highest BCUT2D eigenvalue weighted by atomic mass is 32.2. The Balaban J connectivity index is 1.29. The van der Waals surface area contributed by atoms with Crippen LogP contribution in [0.2, 0.25) is 0 Å². The van der Waals surface area contributed by atoms with Gasteiger partial charge in [0.15, 0.2) is 0 Å². The number of carbonyl (C=O) groups is 1. The number of piperidine rings is 1. The summed E-state index contributed by atoms with van der Waals surface area (Å²) in [6.07, 6.45) is 4.93. The minimum absolute atomic E-state index is 0.000947. The fourth-order valence-electron chi connectivity index (χ4n) is 5.17. The second kappa shape index (κ2) is 8.69. The minimum atomic E-state index is 0.000947. The topological polar surface area (TPSA) is 69.8 Å². The molecule has 33 heavy (non-hydrogen) atoms. The van der Waals surface area contributed by atoms with Gasteiger partial charge in [-0.3, -0.25) is 9.89 Å². The van der Waals surface area contributed by atoms with Crippen molar-refractivity contribution >= 4 is 45.4 Å². The molecule has 1 aromatic heterocycles. The summed E-state index contributed by atoms with van der Waals surface area (Å²) in [7, 11) is 0. The van der Waals surface area contributed by atoms with E-state index in [-0.39, 0.29) is 11.9 Å². The molecule has 5 nitrogen and oxygen atoms in total. The SMILES string of the molecule is O=C(NC(Cc1cccc2ccccc12)C1CCNCC1)C1=Cc2[nH]nc3cccc(c23)S1. The van der Waals surface area contributed by atoms with Crippen LogP contribution in [0.5, 0.6) is 0 Å². The maximum absolute atomic E-state index is 13.5. The Morgan fingerprint density at radius 3 is 2.79 bits per heavy atom. The van der Waals surface area contributed by atoms with E-state index in [1.807, 2.05) is 18.2 Å². The number of fused-ring (bicyclic) bond motifs is 1. The van der Waals surface area contributed by atoms with Crippen LogP contribution >= 0.6 is 11.8 Å². The number of aromatic amines is 1. The zero-order valence-electron chi connectivity index (χ0n) is 18.3. The molecular weight excluding hydrogens is 428 g/mol. The average Bonchev–Trinajstić information content (AvgIpc) is 3.29. The molecule has 166 valence electrons. The Hall–Kier alpha value is -3.09. The lowest BCUT2D eigenvalue weighted by molar-refractivity contribution is -0.117. The van der Waals surface area contributed by atoms with E-state index in [4.69, 9.17) is 0 Å². The number of H-pyrrole nitrogens is 1. The van der Waals surface area contributed by atoms with Crippen LogP contribution in [-0.2, 0) is 11.2 Å². The molecule has 0 saturated carbocycles. The number of thioether (sulfide) groups is 1. The molecule has 1 fully saturated rings. The summed E-state index contributed by atoms with van der Waals surface area (Å²) < 4.78 is 0. The van der Waals surface area contributed by atoms with Gasteiger partial charge in [-0.25, -0.2) is 0 Å². The Kier molecular flexibility index (Phi) is 5.40. The van der Waals surface area contributed by atoms with E-state index in [9.17, 15) is 4.79 Å². The van der Waals surface area contributed by atoms with Gasteiger partial charge in [0.25, 0.3) is 5.91 Å². The van der Waals surface area contributed by atoms with E-state index >= 15 is 0 Å². The minimum Gasteiger partial charge on any atom is -0.348 e. The number of rotatable bonds is 5. The van der Waals surface area contributed by atoms with Gasteiger partial charge in [-0.15, -0.1) is 0 Å². The number of hydrogen-bond donors (Lipinski definition) is 3. The van der Waals surface area contributed by atoms with Crippen molar-refractivity contribution in [2.45, 2.75) is 30.2 Å². The molecule has 1 saturated heterocycles. The van der Waals surface area contributed by atoms with Gasteiger partial charge in [0.2, 0.25) is 0 Å². The van der Waals surface area contributed by atoms with Gasteiger partial charge < -0.3 is 10.6 Å². The van der Waals surface area contributed by atoms with Crippen LogP contribution in [0.15, 0.2) is 70.5 Å². The van der Waals surface area contributed by atoms with Gasteiger partial charge in [0.05, 0.1) is 16.1 Å². The number of nitrogens with one attached hydrogen (secondary N) is 3. The van der Waals surface area contributed by atoms with E-state index in [1.165, 1.54) is 28.1 Å². The molecule has 2 aliphatic heterocycles. The molecule has 4 aromatic rings. The highest BCUT2D eigenvalue weighted by molar-refractivity contribution is 8.04. The third-order valence-electron chi connectivity index (χ3n) is 6.88. The van der Waals surface area contributed by atoms with E-state index in [0.29, 0.717) is 5.92 Å². The first-order valence-electron chi connectivity index (χ1n) is 11.6. The normalized spacial score (nSPS) is 17.2. The number of aromatic nitrogens is 2. The van der Waals surface area contributed by atoms with Gasteiger partial charge in [-0.2, -0.15) is 5.10 Å². The predicted octanol–water partition coefficient (Wildman–Crippen LogP) is 4.89. The zero-order valence-corrected chi connectivity index (χ0v) is 19.1. The van der Waals surface area contributed by atoms with Gasteiger partial charge in [-0.1, -0.05) is 60.3 Å². The van der Waals surface area contributed by atoms with Crippen molar-refractivity contribution < 1.29 is 4.79 Å². The number of benzene rings is 3. The van der Waals surface area contributed by atoms with Crippen LogP contribution in [0, 0.1) is 5.92 Å². The van der Waals surface area contributed by atoms with Crippen molar-refractivity contribution in [2.24, 2.45) is 5.92 Å². The van der Waals surface area contributed by atoms with Crippen molar-refractivity contribution in [3.63, 3.8) is 0 Å². The van der Waals surface area contributed by atoms with Gasteiger partial charge in [0, 0.05) is 16.3 Å². The first kappa shape index (κ1) is 20.5. The second-order valence-corrected chi connectivity index (χ2v) is 9.99. The molecule has 0 bridgehead atoms. The highest BCUT2D eigenvalue weighted by Crippen LogP contribution is 2.40. The lowest BCUT2D eigenvalue weighted by Gasteiger charge is -2.32. The molecule has 0 radical (unpaired) electrons. The quantitative estimate of drug-likeness (QED) is 0.402. The molecule has 0 spiro atoms. The number of amides is 1. The first-order valence-corrected chi connectivity index (χ1v) is 12.4. The summed E-state index contributed by atoms with van der Waals surface area (Å²) >= 11 is 1.54. The second-order valence-electron chi connectivity index (χ2n) is 8.91. The van der Waals surface area contributed by atoms with Crippen LogP contribution < -0.4 is 10.6 Å². The summed E-state index contributed by atoms with van der Waals surface area (Å²) in [5.74, 6) is 0.454. The Morgan fingerprint density at radius 2 is 1.88 bits per heavy atom. The standard InChI is InChI=1S/C27H26N4OS/c32-27(25-16-23-26-21(30-31-23)9-4-10-24(26)33-25)29-22(18-11-13-28-14-12-18)15-19-7-3-6-17-5-1-2-8-20(17)19/h1-10,16,18,22,28H,11-15H2,(H,29,32)(H,30,31). The predicted molar refractivity (Wildman–Crippen MR) is 135 cm³/mol. The molecule has 3 aromatic carbocycles. The lowest BCUT2D eigenvalue weighted by Crippen LogP contribution is -2.46. The molecule has 1 atom stereocenters. The molecule has 1 unspecified atom stereocenters. The van der Waals surface area contributed by atoms with Crippen LogP contribution in [-0.4, -0.2) is 35.2 Å². The fraction of sp³-hybridized carbons (Fsp3) is 0.259. The van der Waals surface area contributed by atoms with Gasteiger partial charge in [0.1, 0.15) is 0 Å². The fourth-order valence-corrected chi connectivity index (χ4v) is 6.20. The Bertz CT molecular complexity index is 1360. The van der Waals surface area contributed by atoms with E-state index in [1.54, 1.807) is 0 Å². The lowest BCUT2D eigenvalue weighted by atomic mass is 9.85. The van der Waals surface area contributed by atoms with Crippen molar-refractivity contribution in [2.75, 3.05) is 13.1 Å². The van der Waals surface area contributed by atoms with Crippen LogP contribution in [0.3, 0.4) is 0 Å². The number of carbonyl (C=O) groups excluding carboxylic acids is 1. The summed E-state index contributed by atoms with van der Waals surface area (Å²) in [4.78, 5) is 15.3. The Labute approximate surface area is 197 Å². The van der Waals surface area contributed by atoms with Crippen molar-refractivity contribution in [1.82, 2.24) is 20.8 Å². The first-order chi connectivity index (χ1) is 16.3. The average molecular weight is 455 g/mol. The van der Waals surface area contributed by atoms with E-state index in [2.05, 4.69) is 69.4 Å². The molecule has 6 heteroatoms. The molecule has 0 aliphatic carbocycles. The Morgan fingerprint density at radius 1 is 1.06 bits per heavy atom. The smallest absolute Gasteiger partial charge is 0.258 e. The number of nitrogens with zero attached hydrogens (tertiary/aromatic N) is 1. The maximum Gasteiger partial charge on any atom is 0.258 e. The summed E-state index contributed by atoms with van der Waals surface area (Å²) in [6, 6.07) is 21.1. The van der Waals surface area contributed by atoms with E-state index in [0.717, 1.165) is 58.7 Å². The van der Waals surface area contributed by atoms with Gasteiger partial charge >= 0.3 is 0 Å². The summed E-state index contributed by atoms with van der Waals surface area (Å²) in [5, 5.41) is 18.0. The third-order valence-corrected chi connectivity index (χ3v) is 7.96. The molecule has 3 N–H and O–H groups in total. The third kappa shape index (κ3) is 3.94. The monoisotopic (exact) mass is 454 g/mol. The number of hydrogen-bond acceptors (Lipinski definition) is 4. The molecule has 1 amide bonds. The van der Waals surface area contributed by atoms with Crippen LogP contribution in [0.1, 0.15) is 24.1 Å². The summed E-state index contributed by atoms with van der Waals surface area (Å²) in [6.45, 7) is 2.01. The van der Waals surface area contributed by atoms with Crippen molar-refractivity contribution in [1.29, 1.82) is 0 Å². The largest absolute Gasteiger partial charge is 0.348 e. The van der Waals surface area contributed by atoms with Crippen LogP contribution in [0.25, 0.3) is 27.8 Å². The van der Waals surface area contributed by atoms with E-state index < -0.39 is 0 Å². The molecule has 6 rings (SSSR count). The zero-order chi connectivity index (χ0) is 22.2. The highest BCUT2D eigenvalue weighted by Gasteiger charge is 2.28. The molecule has 3 heterocycles. The summed E-state index contributed by atoms with van der Waals surface area (Å²) in [5.41, 5.74) is 3.15. The van der Waals surface area contributed by atoms with Gasteiger partial charge in [-0.05, 0) is 72.8 Å². The van der Waals surface area contributed by atoms with Crippen LogP contribution in [0.4, 0.5) is 0 Å². The maximum atomic E-state index is 13.5.